The van der Waals surface area contributed by atoms with Gasteiger partial charge in [-0.25, -0.2) is 5.48 Å². The van der Waals surface area contributed by atoms with Crippen molar-refractivity contribution in [3.63, 3.8) is 0 Å². The van der Waals surface area contributed by atoms with Crippen molar-refractivity contribution in [2.45, 2.75) is 0 Å². The highest BCUT2D eigenvalue weighted by molar-refractivity contribution is 9.10. The van der Waals surface area contributed by atoms with Crippen LogP contribution in [0.4, 0.5) is 0 Å². The van der Waals surface area contributed by atoms with Gasteiger partial charge in [0.15, 0.2) is 6.61 Å². The highest BCUT2D eigenvalue weighted by Crippen LogP contribution is 2.33. The lowest BCUT2D eigenvalue weighted by atomic mass is 10.2. The molecule has 2 amide bonds. The van der Waals surface area contributed by atoms with E-state index in [4.69, 9.17) is 15.2 Å². The summed E-state index contributed by atoms with van der Waals surface area (Å²) in [6.45, 7) is -0.417. The van der Waals surface area contributed by atoms with Crippen molar-refractivity contribution in [2.24, 2.45) is 5.73 Å². The zero-order chi connectivity index (χ0) is 14.4. The molecule has 0 atom stereocenters. The first kappa shape index (κ1) is 15.3. The number of hydroxylamine groups is 1. The molecule has 1 aromatic carbocycles. The van der Waals surface area contributed by atoms with Crippen molar-refractivity contribution in [1.29, 1.82) is 0 Å². The number of hydrogen-bond donors (Lipinski definition) is 2. The van der Waals surface area contributed by atoms with Gasteiger partial charge >= 0.3 is 0 Å². The van der Waals surface area contributed by atoms with Gasteiger partial charge in [-0.05, 0) is 28.1 Å². The van der Waals surface area contributed by atoms with E-state index in [2.05, 4.69) is 26.2 Å². The standard InChI is InChI=1S/C11H13BrN2O5/c1-17-6-3-7(10(18-2)8(12)4-6)11(16)14-19-5-9(13)15/h3-4H,5H2,1-2H3,(H2,13,15)(H,14,16). The number of halogens is 1. The Morgan fingerprint density at radius 3 is 2.53 bits per heavy atom. The molecule has 1 rings (SSSR count). The van der Waals surface area contributed by atoms with E-state index >= 15 is 0 Å². The first-order chi connectivity index (χ1) is 8.99. The smallest absolute Gasteiger partial charge is 0.278 e. The Kier molecular flexibility index (Phi) is 5.58. The maximum absolute atomic E-state index is 11.9. The molecular weight excluding hydrogens is 320 g/mol. The summed E-state index contributed by atoms with van der Waals surface area (Å²) >= 11 is 3.26. The molecular formula is C11H13BrN2O5. The molecule has 0 fully saturated rings. The minimum Gasteiger partial charge on any atom is -0.497 e. The summed E-state index contributed by atoms with van der Waals surface area (Å²) in [5, 5.41) is 0. The van der Waals surface area contributed by atoms with Crippen LogP contribution in [0.15, 0.2) is 16.6 Å². The fourth-order valence-electron chi connectivity index (χ4n) is 1.29. The predicted molar refractivity (Wildman–Crippen MR) is 69.9 cm³/mol. The topological polar surface area (TPSA) is 99.9 Å². The van der Waals surface area contributed by atoms with E-state index in [9.17, 15) is 9.59 Å². The minimum absolute atomic E-state index is 0.193. The summed E-state index contributed by atoms with van der Waals surface area (Å²) in [6.07, 6.45) is 0. The first-order valence-corrected chi connectivity index (χ1v) is 5.90. The summed E-state index contributed by atoms with van der Waals surface area (Å²) < 4.78 is 10.7. The lowest BCUT2D eigenvalue weighted by molar-refractivity contribution is -0.124. The molecule has 0 saturated carbocycles. The first-order valence-electron chi connectivity index (χ1n) is 5.11. The van der Waals surface area contributed by atoms with Crippen LogP contribution in [0.2, 0.25) is 0 Å². The van der Waals surface area contributed by atoms with E-state index in [-0.39, 0.29) is 5.56 Å². The molecule has 0 spiro atoms. The quantitative estimate of drug-likeness (QED) is 0.743. The SMILES string of the molecule is COc1cc(Br)c(OC)c(C(=O)NOCC(N)=O)c1. The Labute approximate surface area is 118 Å². The molecule has 0 saturated heterocycles. The van der Waals surface area contributed by atoms with Crippen LogP contribution in [-0.2, 0) is 9.63 Å². The van der Waals surface area contributed by atoms with Crippen LogP contribution >= 0.6 is 15.9 Å². The van der Waals surface area contributed by atoms with Gasteiger partial charge in [0, 0.05) is 0 Å². The molecule has 0 aliphatic rings. The number of methoxy groups -OCH3 is 2. The zero-order valence-electron chi connectivity index (χ0n) is 10.4. The van der Waals surface area contributed by atoms with Crippen molar-refractivity contribution in [1.82, 2.24) is 5.48 Å². The second kappa shape index (κ2) is 6.95. The van der Waals surface area contributed by atoms with Crippen molar-refractivity contribution >= 4 is 27.7 Å². The molecule has 7 nitrogen and oxygen atoms in total. The van der Waals surface area contributed by atoms with Gasteiger partial charge in [0.2, 0.25) is 5.91 Å². The molecule has 104 valence electrons. The number of rotatable bonds is 6. The molecule has 0 aliphatic heterocycles. The number of benzene rings is 1. The molecule has 0 unspecified atom stereocenters. The molecule has 0 radical (unpaired) electrons. The number of hydrogen-bond acceptors (Lipinski definition) is 5. The van der Waals surface area contributed by atoms with Crippen molar-refractivity contribution in [3.8, 4) is 11.5 Å². The van der Waals surface area contributed by atoms with E-state index in [0.29, 0.717) is 16.0 Å². The third-order valence-electron chi connectivity index (χ3n) is 2.08. The lowest BCUT2D eigenvalue weighted by Crippen LogP contribution is -2.29. The average Bonchev–Trinajstić information content (AvgIpc) is 2.37. The summed E-state index contributed by atoms with van der Waals surface area (Å²) in [7, 11) is 2.90. The molecule has 1 aromatic rings. The van der Waals surface area contributed by atoms with Gasteiger partial charge in [-0.15, -0.1) is 0 Å². The Balaban J connectivity index is 2.93. The molecule has 0 aromatic heterocycles. The molecule has 3 N–H and O–H groups in total. The predicted octanol–water partition coefficient (Wildman–Crippen LogP) is 0.613. The Bertz CT molecular complexity index is 492. The van der Waals surface area contributed by atoms with Gasteiger partial charge in [0.05, 0.1) is 24.3 Å². The second-order valence-electron chi connectivity index (χ2n) is 3.38. The van der Waals surface area contributed by atoms with E-state index in [1.807, 2.05) is 0 Å². The van der Waals surface area contributed by atoms with Gasteiger partial charge in [-0.1, -0.05) is 0 Å². The fourth-order valence-corrected chi connectivity index (χ4v) is 1.89. The number of nitrogens with two attached hydrogens (primary N) is 1. The molecule has 0 bridgehead atoms. The Morgan fingerprint density at radius 1 is 1.32 bits per heavy atom. The van der Waals surface area contributed by atoms with Gasteiger partial charge in [-0.3, -0.25) is 14.4 Å². The summed E-state index contributed by atoms with van der Waals surface area (Å²) in [5.74, 6) is -0.495. The Morgan fingerprint density at radius 2 is 2.00 bits per heavy atom. The molecule has 19 heavy (non-hydrogen) atoms. The van der Waals surface area contributed by atoms with Crippen molar-refractivity contribution in [3.05, 3.63) is 22.2 Å². The van der Waals surface area contributed by atoms with Crippen LogP contribution in [0, 0.1) is 0 Å². The number of primary amides is 1. The van der Waals surface area contributed by atoms with Crippen molar-refractivity contribution in [2.75, 3.05) is 20.8 Å². The largest absolute Gasteiger partial charge is 0.497 e. The minimum atomic E-state index is -0.695. The van der Waals surface area contributed by atoms with Crippen LogP contribution in [0.3, 0.4) is 0 Å². The van der Waals surface area contributed by atoms with Gasteiger partial charge in [0.25, 0.3) is 5.91 Å². The van der Waals surface area contributed by atoms with Gasteiger partial charge in [0.1, 0.15) is 11.5 Å². The summed E-state index contributed by atoms with van der Waals surface area (Å²) in [5.41, 5.74) is 7.16. The number of nitrogens with one attached hydrogen (secondary N) is 1. The van der Waals surface area contributed by atoms with Crippen LogP contribution in [0.1, 0.15) is 10.4 Å². The van der Waals surface area contributed by atoms with Crippen molar-refractivity contribution < 1.29 is 23.9 Å². The number of amides is 2. The van der Waals surface area contributed by atoms with E-state index in [1.165, 1.54) is 20.3 Å². The van der Waals surface area contributed by atoms with Gasteiger partial charge in [-0.2, -0.15) is 0 Å². The van der Waals surface area contributed by atoms with Crippen LogP contribution in [0.5, 0.6) is 11.5 Å². The highest BCUT2D eigenvalue weighted by atomic mass is 79.9. The summed E-state index contributed by atoms with van der Waals surface area (Å²) in [6, 6.07) is 3.13. The monoisotopic (exact) mass is 332 g/mol. The molecule has 0 heterocycles. The number of carbonyl (C=O) groups excluding carboxylic acids is 2. The average molecular weight is 333 g/mol. The number of ether oxygens (including phenoxy) is 2. The lowest BCUT2D eigenvalue weighted by Gasteiger charge is -2.12. The van der Waals surface area contributed by atoms with Crippen LogP contribution in [0.25, 0.3) is 0 Å². The third kappa shape index (κ3) is 4.11. The van der Waals surface area contributed by atoms with E-state index < -0.39 is 18.4 Å². The second-order valence-corrected chi connectivity index (χ2v) is 4.23. The molecule has 0 aliphatic carbocycles. The van der Waals surface area contributed by atoms with Crippen LogP contribution in [-0.4, -0.2) is 32.6 Å². The highest BCUT2D eigenvalue weighted by Gasteiger charge is 2.17. The normalized spacial score (nSPS) is 9.84. The number of carbonyl (C=O) groups is 2. The van der Waals surface area contributed by atoms with E-state index in [1.54, 1.807) is 6.07 Å². The third-order valence-corrected chi connectivity index (χ3v) is 2.67. The van der Waals surface area contributed by atoms with Gasteiger partial charge < -0.3 is 15.2 Å². The van der Waals surface area contributed by atoms with Crippen LogP contribution < -0.4 is 20.7 Å². The fraction of sp³-hybridized carbons (Fsp3) is 0.273. The molecule has 8 heteroatoms. The summed E-state index contributed by atoms with van der Waals surface area (Å²) in [4.78, 5) is 27.0. The van der Waals surface area contributed by atoms with E-state index in [0.717, 1.165) is 0 Å². The zero-order valence-corrected chi connectivity index (χ0v) is 11.9. The Hall–Kier alpha value is -1.80. The maximum Gasteiger partial charge on any atom is 0.278 e. The maximum atomic E-state index is 11.9.